The predicted octanol–water partition coefficient (Wildman–Crippen LogP) is 2.40. The summed E-state index contributed by atoms with van der Waals surface area (Å²) in [5, 5.41) is 3.57. The van der Waals surface area contributed by atoms with Crippen LogP contribution in [-0.2, 0) is 9.63 Å². The van der Waals surface area contributed by atoms with Crippen LogP contribution in [0.4, 0.5) is 0 Å². The van der Waals surface area contributed by atoms with Gasteiger partial charge in [-0.3, -0.25) is 4.98 Å². The normalized spacial score (nSPS) is 11.1. The Kier molecular flexibility index (Phi) is 5.48. The first-order chi connectivity index (χ1) is 10.6. The molecule has 0 fully saturated rings. The van der Waals surface area contributed by atoms with Crippen molar-refractivity contribution in [3.8, 4) is 5.75 Å². The molecule has 0 bridgehead atoms. The van der Waals surface area contributed by atoms with Crippen LogP contribution < -0.4 is 10.5 Å². The second-order valence-corrected chi connectivity index (χ2v) is 5.23. The van der Waals surface area contributed by atoms with Crippen molar-refractivity contribution in [1.29, 1.82) is 0 Å². The van der Waals surface area contributed by atoms with E-state index in [-0.39, 0.29) is 12.4 Å². The molecular formula is C15H14BrN3O3. The zero-order valence-corrected chi connectivity index (χ0v) is 13.4. The number of aryl methyl sites for hydroxylation is 1. The van der Waals surface area contributed by atoms with Gasteiger partial charge in [0.25, 0.3) is 0 Å². The number of hydrogen-bond acceptors (Lipinski definition) is 5. The van der Waals surface area contributed by atoms with E-state index in [2.05, 4.69) is 26.1 Å². The number of carbonyl (C=O) groups is 1. The van der Waals surface area contributed by atoms with Gasteiger partial charge in [-0.25, -0.2) is 4.79 Å². The van der Waals surface area contributed by atoms with Crippen molar-refractivity contribution in [2.75, 3.05) is 6.61 Å². The Morgan fingerprint density at radius 2 is 2.05 bits per heavy atom. The summed E-state index contributed by atoms with van der Waals surface area (Å²) in [5.41, 5.74) is 7.31. The van der Waals surface area contributed by atoms with E-state index in [9.17, 15) is 4.79 Å². The minimum absolute atomic E-state index is 0.0928. The molecule has 0 amide bonds. The first kappa shape index (κ1) is 16.0. The van der Waals surface area contributed by atoms with E-state index in [1.165, 1.54) is 0 Å². The van der Waals surface area contributed by atoms with Gasteiger partial charge in [0.15, 0.2) is 12.4 Å². The van der Waals surface area contributed by atoms with Gasteiger partial charge in [0.1, 0.15) is 5.75 Å². The highest BCUT2D eigenvalue weighted by Crippen LogP contribution is 2.21. The smallest absolute Gasteiger partial charge is 0.372 e. The number of benzene rings is 1. The maximum absolute atomic E-state index is 11.6. The summed E-state index contributed by atoms with van der Waals surface area (Å²) >= 11 is 3.39. The number of halogens is 1. The van der Waals surface area contributed by atoms with Gasteiger partial charge in [0.05, 0.1) is 0 Å². The van der Waals surface area contributed by atoms with Gasteiger partial charge in [-0.2, -0.15) is 0 Å². The van der Waals surface area contributed by atoms with Crippen LogP contribution in [0.3, 0.4) is 0 Å². The van der Waals surface area contributed by atoms with Crippen LogP contribution in [0.2, 0.25) is 0 Å². The van der Waals surface area contributed by atoms with Gasteiger partial charge in [-0.05, 0) is 42.8 Å². The van der Waals surface area contributed by atoms with Crippen LogP contribution in [-0.4, -0.2) is 23.4 Å². The molecule has 0 aliphatic rings. The molecule has 0 saturated carbocycles. The number of amidine groups is 1. The molecule has 7 heteroatoms. The van der Waals surface area contributed by atoms with Crippen molar-refractivity contribution in [3.63, 3.8) is 0 Å². The van der Waals surface area contributed by atoms with Crippen LogP contribution in [0.1, 0.15) is 11.1 Å². The highest BCUT2D eigenvalue weighted by molar-refractivity contribution is 9.10. The van der Waals surface area contributed by atoms with Gasteiger partial charge in [0, 0.05) is 22.4 Å². The predicted molar refractivity (Wildman–Crippen MR) is 85.4 cm³/mol. The van der Waals surface area contributed by atoms with Crippen molar-refractivity contribution in [3.05, 3.63) is 58.3 Å². The molecule has 22 heavy (non-hydrogen) atoms. The Labute approximate surface area is 136 Å². The first-order valence-corrected chi connectivity index (χ1v) is 7.18. The quantitative estimate of drug-likeness (QED) is 0.381. The largest absolute Gasteiger partial charge is 0.482 e. The number of hydrogen-bond donors (Lipinski definition) is 1. The van der Waals surface area contributed by atoms with Crippen molar-refractivity contribution >= 4 is 27.7 Å². The summed E-state index contributed by atoms with van der Waals surface area (Å²) in [4.78, 5) is 20.1. The van der Waals surface area contributed by atoms with Gasteiger partial charge in [-0.1, -0.05) is 21.1 Å². The maximum atomic E-state index is 11.6. The van der Waals surface area contributed by atoms with E-state index < -0.39 is 5.97 Å². The molecule has 6 nitrogen and oxygen atoms in total. The Bertz CT molecular complexity index is 690. The molecule has 114 valence electrons. The molecular weight excluding hydrogens is 350 g/mol. The number of carbonyl (C=O) groups excluding carboxylic acids is 1. The second kappa shape index (κ2) is 7.56. The maximum Gasteiger partial charge on any atom is 0.372 e. The first-order valence-electron chi connectivity index (χ1n) is 6.39. The van der Waals surface area contributed by atoms with Crippen molar-refractivity contribution < 1.29 is 14.4 Å². The van der Waals surface area contributed by atoms with Crippen LogP contribution >= 0.6 is 15.9 Å². The summed E-state index contributed by atoms with van der Waals surface area (Å²) < 4.78 is 6.30. The van der Waals surface area contributed by atoms with E-state index in [0.29, 0.717) is 11.3 Å². The average Bonchev–Trinajstić information content (AvgIpc) is 2.54. The molecule has 0 saturated heterocycles. The Morgan fingerprint density at radius 1 is 1.32 bits per heavy atom. The third kappa shape index (κ3) is 4.56. The summed E-state index contributed by atoms with van der Waals surface area (Å²) in [6, 6.07) is 8.72. The molecule has 0 spiro atoms. The van der Waals surface area contributed by atoms with Crippen molar-refractivity contribution in [2.45, 2.75) is 6.92 Å². The molecule has 0 aliphatic carbocycles. The van der Waals surface area contributed by atoms with Crippen molar-refractivity contribution in [2.24, 2.45) is 10.9 Å². The highest BCUT2D eigenvalue weighted by Gasteiger charge is 2.06. The lowest BCUT2D eigenvalue weighted by molar-refractivity contribution is -0.146. The molecule has 2 aromatic rings. The lowest BCUT2D eigenvalue weighted by Crippen LogP contribution is -2.18. The lowest BCUT2D eigenvalue weighted by atomic mass is 10.2. The minimum atomic E-state index is -0.641. The SMILES string of the molecule is Cc1cc(OCC(=O)O/N=C(\N)c2ccncc2)ccc1Br. The fourth-order valence-electron chi connectivity index (χ4n) is 1.55. The Hall–Kier alpha value is -2.41. The summed E-state index contributed by atoms with van der Waals surface area (Å²) in [7, 11) is 0. The van der Waals surface area contributed by atoms with E-state index in [1.807, 2.05) is 19.1 Å². The minimum Gasteiger partial charge on any atom is -0.482 e. The van der Waals surface area contributed by atoms with E-state index in [1.54, 1.807) is 30.6 Å². The standard InChI is InChI=1S/C15H14BrN3O3/c1-10-8-12(2-3-13(10)16)21-9-14(20)22-19-15(17)11-4-6-18-7-5-11/h2-8H,9H2,1H3,(H2,17,19). The van der Waals surface area contributed by atoms with Crippen LogP contribution in [0.15, 0.2) is 52.4 Å². The van der Waals surface area contributed by atoms with Gasteiger partial charge in [-0.15, -0.1) is 0 Å². The number of aromatic nitrogens is 1. The average molecular weight is 364 g/mol. The molecule has 0 aliphatic heterocycles. The number of pyridine rings is 1. The van der Waals surface area contributed by atoms with Gasteiger partial charge >= 0.3 is 5.97 Å². The monoisotopic (exact) mass is 363 g/mol. The summed E-state index contributed by atoms with van der Waals surface area (Å²) in [6.07, 6.45) is 3.14. The van der Waals surface area contributed by atoms with E-state index >= 15 is 0 Å². The van der Waals surface area contributed by atoms with Gasteiger partial charge < -0.3 is 15.3 Å². The zero-order valence-electron chi connectivity index (χ0n) is 11.8. The fraction of sp³-hybridized carbons (Fsp3) is 0.133. The van der Waals surface area contributed by atoms with Crippen LogP contribution in [0, 0.1) is 6.92 Å². The Balaban J connectivity index is 1.86. The van der Waals surface area contributed by atoms with Crippen molar-refractivity contribution in [1.82, 2.24) is 4.98 Å². The Morgan fingerprint density at radius 3 is 2.73 bits per heavy atom. The number of ether oxygens (including phenoxy) is 1. The number of nitrogens with zero attached hydrogens (tertiary/aromatic N) is 2. The molecule has 0 unspecified atom stereocenters. The van der Waals surface area contributed by atoms with E-state index in [4.69, 9.17) is 15.3 Å². The molecule has 1 heterocycles. The molecule has 2 rings (SSSR count). The van der Waals surface area contributed by atoms with Gasteiger partial charge in [0.2, 0.25) is 0 Å². The molecule has 2 N–H and O–H groups in total. The van der Waals surface area contributed by atoms with Crippen LogP contribution in [0.5, 0.6) is 5.75 Å². The number of oxime groups is 1. The number of nitrogens with two attached hydrogens (primary N) is 1. The number of rotatable bonds is 5. The summed E-state index contributed by atoms with van der Waals surface area (Å²) in [5.74, 6) is 0.0246. The van der Waals surface area contributed by atoms with E-state index in [0.717, 1.165) is 10.0 Å². The molecule has 1 aromatic heterocycles. The fourth-order valence-corrected chi connectivity index (χ4v) is 1.80. The summed E-state index contributed by atoms with van der Waals surface area (Å²) in [6.45, 7) is 1.67. The third-order valence-electron chi connectivity index (χ3n) is 2.71. The zero-order chi connectivity index (χ0) is 15.9. The molecule has 0 atom stereocenters. The molecule has 0 radical (unpaired) electrons. The molecule has 1 aromatic carbocycles. The third-order valence-corrected chi connectivity index (χ3v) is 3.60. The lowest BCUT2D eigenvalue weighted by Gasteiger charge is -2.06. The van der Waals surface area contributed by atoms with Crippen LogP contribution in [0.25, 0.3) is 0 Å². The topological polar surface area (TPSA) is 86.8 Å². The second-order valence-electron chi connectivity index (χ2n) is 4.38. The highest BCUT2D eigenvalue weighted by atomic mass is 79.9.